The zero-order valence-electron chi connectivity index (χ0n) is 9.23. The van der Waals surface area contributed by atoms with E-state index in [0.29, 0.717) is 0 Å². The molecule has 1 aromatic rings. The summed E-state index contributed by atoms with van der Waals surface area (Å²) in [5.74, 6) is 0.147. The van der Waals surface area contributed by atoms with E-state index in [1.54, 1.807) is 0 Å². The van der Waals surface area contributed by atoms with E-state index in [-0.39, 0.29) is 11.8 Å². The predicted octanol–water partition coefficient (Wildman–Crippen LogP) is 2.09. The summed E-state index contributed by atoms with van der Waals surface area (Å²) in [5.41, 5.74) is 2.00. The molecule has 1 unspecified atom stereocenters. The van der Waals surface area contributed by atoms with Crippen molar-refractivity contribution in [3.8, 4) is 6.07 Å². The van der Waals surface area contributed by atoms with Crippen molar-refractivity contribution in [2.24, 2.45) is 5.92 Å². The van der Waals surface area contributed by atoms with Crippen LogP contribution in [0.25, 0.3) is 0 Å². The molecule has 0 bridgehead atoms. The third kappa shape index (κ3) is 2.40. The first-order valence-electron chi connectivity index (χ1n) is 5.47. The molecule has 0 heterocycles. The number of hydrogen-bond donors (Lipinski definition) is 1. The van der Waals surface area contributed by atoms with Gasteiger partial charge in [0, 0.05) is 5.92 Å². The summed E-state index contributed by atoms with van der Waals surface area (Å²) in [6.45, 7) is 1.99. The van der Waals surface area contributed by atoms with Crippen LogP contribution in [0.4, 0.5) is 0 Å². The second-order valence-corrected chi connectivity index (χ2v) is 4.26. The standard InChI is InChI=1S/C13H14N2O/c1-9-2-4-10(5-3-9)12(8-14)15-13(16)11-6-7-11/h2-5,11-12H,6-7H2,1H3,(H,15,16). The maximum Gasteiger partial charge on any atom is 0.224 e. The Morgan fingerprint density at radius 2 is 2.06 bits per heavy atom. The van der Waals surface area contributed by atoms with Crippen LogP contribution in [0.15, 0.2) is 24.3 Å². The van der Waals surface area contributed by atoms with E-state index >= 15 is 0 Å². The zero-order valence-corrected chi connectivity index (χ0v) is 9.23. The maximum atomic E-state index is 11.6. The Morgan fingerprint density at radius 1 is 1.44 bits per heavy atom. The topological polar surface area (TPSA) is 52.9 Å². The highest BCUT2D eigenvalue weighted by Crippen LogP contribution is 2.29. The van der Waals surface area contributed by atoms with Crippen molar-refractivity contribution in [2.75, 3.05) is 0 Å². The Morgan fingerprint density at radius 3 is 2.56 bits per heavy atom. The molecule has 1 aliphatic rings. The summed E-state index contributed by atoms with van der Waals surface area (Å²) in [5, 5.41) is 11.8. The number of nitrogens with one attached hydrogen (secondary N) is 1. The number of benzene rings is 1. The molecular formula is C13H14N2O. The fraction of sp³-hybridized carbons (Fsp3) is 0.385. The largest absolute Gasteiger partial charge is 0.336 e. The van der Waals surface area contributed by atoms with Crippen LogP contribution in [0, 0.1) is 24.2 Å². The summed E-state index contributed by atoms with van der Waals surface area (Å²) in [4.78, 5) is 11.6. The van der Waals surface area contributed by atoms with Crippen LogP contribution >= 0.6 is 0 Å². The number of carbonyl (C=O) groups is 1. The number of hydrogen-bond acceptors (Lipinski definition) is 2. The van der Waals surface area contributed by atoms with Gasteiger partial charge in [-0.25, -0.2) is 0 Å². The maximum absolute atomic E-state index is 11.6. The van der Waals surface area contributed by atoms with Crippen molar-refractivity contribution in [1.29, 1.82) is 5.26 Å². The van der Waals surface area contributed by atoms with E-state index in [0.717, 1.165) is 24.0 Å². The first-order chi connectivity index (χ1) is 7.70. The fourth-order valence-electron chi connectivity index (χ4n) is 1.55. The SMILES string of the molecule is Cc1ccc(C(C#N)NC(=O)C2CC2)cc1. The molecule has 0 aromatic heterocycles. The summed E-state index contributed by atoms with van der Waals surface area (Å²) >= 11 is 0. The molecular weight excluding hydrogens is 200 g/mol. The van der Waals surface area contributed by atoms with Crippen LogP contribution in [-0.2, 0) is 4.79 Å². The minimum Gasteiger partial charge on any atom is -0.336 e. The number of rotatable bonds is 3. The fourth-order valence-corrected chi connectivity index (χ4v) is 1.55. The van der Waals surface area contributed by atoms with Gasteiger partial charge in [0.05, 0.1) is 6.07 Å². The van der Waals surface area contributed by atoms with Crippen molar-refractivity contribution in [3.05, 3.63) is 35.4 Å². The predicted molar refractivity (Wildman–Crippen MR) is 60.4 cm³/mol. The summed E-state index contributed by atoms with van der Waals surface area (Å²) in [6, 6.07) is 9.27. The molecule has 1 fully saturated rings. The van der Waals surface area contributed by atoms with Gasteiger partial charge in [0.2, 0.25) is 5.91 Å². The first kappa shape index (κ1) is 10.7. The molecule has 1 amide bonds. The van der Waals surface area contributed by atoms with Crippen LogP contribution in [0.2, 0.25) is 0 Å². The van der Waals surface area contributed by atoms with E-state index in [2.05, 4.69) is 11.4 Å². The highest BCUT2D eigenvalue weighted by Gasteiger charge is 2.31. The van der Waals surface area contributed by atoms with Crippen molar-refractivity contribution < 1.29 is 4.79 Å². The molecule has 0 saturated heterocycles. The van der Waals surface area contributed by atoms with Gasteiger partial charge in [-0.2, -0.15) is 5.26 Å². The molecule has 1 saturated carbocycles. The number of nitrogens with zero attached hydrogens (tertiary/aromatic N) is 1. The highest BCUT2D eigenvalue weighted by molar-refractivity contribution is 5.81. The lowest BCUT2D eigenvalue weighted by atomic mass is 10.1. The monoisotopic (exact) mass is 214 g/mol. The van der Waals surface area contributed by atoms with Gasteiger partial charge in [-0.15, -0.1) is 0 Å². The number of carbonyl (C=O) groups excluding carboxylic acids is 1. The minimum atomic E-state index is -0.520. The Kier molecular flexibility index (Phi) is 2.91. The van der Waals surface area contributed by atoms with Gasteiger partial charge in [-0.05, 0) is 25.3 Å². The Hall–Kier alpha value is -1.82. The lowest BCUT2D eigenvalue weighted by Gasteiger charge is -2.11. The van der Waals surface area contributed by atoms with E-state index in [1.807, 2.05) is 31.2 Å². The van der Waals surface area contributed by atoms with Crippen molar-refractivity contribution in [1.82, 2.24) is 5.32 Å². The first-order valence-corrected chi connectivity index (χ1v) is 5.47. The van der Waals surface area contributed by atoms with Crippen LogP contribution in [0.5, 0.6) is 0 Å². The molecule has 3 heteroatoms. The highest BCUT2D eigenvalue weighted by atomic mass is 16.2. The normalized spacial score (nSPS) is 16.2. The minimum absolute atomic E-state index is 0.00660. The van der Waals surface area contributed by atoms with Gasteiger partial charge in [0.25, 0.3) is 0 Å². The summed E-state index contributed by atoms with van der Waals surface area (Å²) in [7, 11) is 0. The van der Waals surface area contributed by atoms with E-state index in [1.165, 1.54) is 0 Å². The Bertz CT molecular complexity index is 426. The van der Waals surface area contributed by atoms with Crippen LogP contribution in [0.3, 0.4) is 0 Å². The van der Waals surface area contributed by atoms with Gasteiger partial charge >= 0.3 is 0 Å². The van der Waals surface area contributed by atoms with Crippen molar-refractivity contribution in [3.63, 3.8) is 0 Å². The summed E-state index contributed by atoms with van der Waals surface area (Å²) < 4.78 is 0. The van der Waals surface area contributed by atoms with E-state index in [9.17, 15) is 4.79 Å². The van der Waals surface area contributed by atoms with Gasteiger partial charge in [0.15, 0.2) is 0 Å². The number of nitriles is 1. The second-order valence-electron chi connectivity index (χ2n) is 4.26. The van der Waals surface area contributed by atoms with Gasteiger partial charge in [-0.1, -0.05) is 29.8 Å². The van der Waals surface area contributed by atoms with Gasteiger partial charge in [-0.3, -0.25) is 4.79 Å². The molecule has 1 aliphatic carbocycles. The van der Waals surface area contributed by atoms with Crippen LogP contribution < -0.4 is 5.32 Å². The van der Waals surface area contributed by atoms with E-state index in [4.69, 9.17) is 5.26 Å². The molecule has 82 valence electrons. The van der Waals surface area contributed by atoms with Gasteiger partial charge in [0.1, 0.15) is 6.04 Å². The lowest BCUT2D eigenvalue weighted by Crippen LogP contribution is -2.28. The smallest absolute Gasteiger partial charge is 0.224 e. The molecule has 3 nitrogen and oxygen atoms in total. The Balaban J connectivity index is 2.07. The molecule has 1 N–H and O–H groups in total. The third-order valence-corrected chi connectivity index (χ3v) is 2.77. The second kappa shape index (κ2) is 4.36. The molecule has 16 heavy (non-hydrogen) atoms. The molecule has 1 atom stereocenters. The molecule has 0 aliphatic heterocycles. The third-order valence-electron chi connectivity index (χ3n) is 2.77. The molecule has 1 aromatic carbocycles. The van der Waals surface area contributed by atoms with Gasteiger partial charge < -0.3 is 5.32 Å². The van der Waals surface area contributed by atoms with Crippen molar-refractivity contribution in [2.45, 2.75) is 25.8 Å². The van der Waals surface area contributed by atoms with Crippen molar-refractivity contribution >= 4 is 5.91 Å². The molecule has 0 spiro atoms. The van der Waals surface area contributed by atoms with E-state index < -0.39 is 6.04 Å². The quantitative estimate of drug-likeness (QED) is 0.837. The average Bonchev–Trinajstić information content (AvgIpc) is 3.11. The summed E-state index contributed by atoms with van der Waals surface area (Å²) in [6.07, 6.45) is 1.91. The molecule has 2 rings (SSSR count). The number of amides is 1. The molecule has 0 radical (unpaired) electrons. The number of aryl methyl sites for hydroxylation is 1. The average molecular weight is 214 g/mol. The van der Waals surface area contributed by atoms with Crippen LogP contribution in [0.1, 0.15) is 30.0 Å². The Labute approximate surface area is 95.1 Å². The van der Waals surface area contributed by atoms with Crippen LogP contribution in [-0.4, -0.2) is 5.91 Å². The zero-order chi connectivity index (χ0) is 11.5. The lowest BCUT2D eigenvalue weighted by molar-refractivity contribution is -0.122.